The number of hydrogen-bond acceptors (Lipinski definition) is 3. The molecule has 0 saturated carbocycles. The monoisotopic (exact) mass is 270 g/mol. The van der Waals surface area contributed by atoms with E-state index in [1.54, 1.807) is 0 Å². The molecule has 0 N–H and O–H groups in total. The van der Waals surface area contributed by atoms with Crippen LogP contribution in [-0.4, -0.2) is 29.8 Å². The fourth-order valence-electron chi connectivity index (χ4n) is 3.91. The van der Waals surface area contributed by atoms with E-state index in [1.807, 2.05) is 0 Å². The van der Waals surface area contributed by atoms with E-state index in [-0.39, 0.29) is 17.9 Å². The Labute approximate surface area is 118 Å². The number of para-hydroxylation sites is 1. The first-order valence-corrected chi connectivity index (χ1v) is 7.47. The van der Waals surface area contributed by atoms with Gasteiger partial charge < -0.3 is 4.90 Å². The predicted octanol–water partition coefficient (Wildman–Crippen LogP) is 2.03. The summed E-state index contributed by atoms with van der Waals surface area (Å²) in [6, 6.07) is 6.31. The second-order valence-electron chi connectivity index (χ2n) is 5.91. The molecule has 1 aromatic carbocycles. The van der Waals surface area contributed by atoms with E-state index < -0.39 is 0 Å². The van der Waals surface area contributed by atoms with Crippen LogP contribution in [0.4, 0.5) is 5.69 Å². The molecule has 1 saturated heterocycles. The Balaban J connectivity index is 1.81. The number of nitrogens with zero attached hydrogens (tertiary/aromatic N) is 2. The molecule has 0 aliphatic carbocycles. The molecule has 3 aliphatic rings. The number of anilines is 1. The van der Waals surface area contributed by atoms with Crippen LogP contribution in [0.15, 0.2) is 18.2 Å². The zero-order valence-corrected chi connectivity index (χ0v) is 11.5. The maximum absolute atomic E-state index is 12.0. The van der Waals surface area contributed by atoms with Gasteiger partial charge in [0.1, 0.15) is 0 Å². The van der Waals surface area contributed by atoms with Gasteiger partial charge in [0.05, 0.1) is 6.04 Å². The summed E-state index contributed by atoms with van der Waals surface area (Å²) < 4.78 is 0. The van der Waals surface area contributed by atoms with Crippen LogP contribution in [0.2, 0.25) is 0 Å². The molecule has 3 aliphatic heterocycles. The number of carbonyl (C=O) groups excluding carboxylic acids is 2. The Bertz CT molecular complexity index is 580. The van der Waals surface area contributed by atoms with Crippen LogP contribution in [-0.2, 0) is 16.0 Å². The van der Waals surface area contributed by atoms with Gasteiger partial charge in [-0.3, -0.25) is 14.5 Å². The highest BCUT2D eigenvalue weighted by Crippen LogP contribution is 2.43. The Morgan fingerprint density at radius 3 is 2.60 bits per heavy atom. The summed E-state index contributed by atoms with van der Waals surface area (Å²) in [5, 5.41) is 0. The zero-order chi connectivity index (χ0) is 13.7. The largest absolute Gasteiger partial charge is 0.371 e. The van der Waals surface area contributed by atoms with Gasteiger partial charge in [0.15, 0.2) is 0 Å². The van der Waals surface area contributed by atoms with Gasteiger partial charge >= 0.3 is 0 Å². The molecule has 0 aromatic heterocycles. The summed E-state index contributed by atoms with van der Waals surface area (Å²) in [5.41, 5.74) is 3.84. The van der Waals surface area contributed by atoms with E-state index >= 15 is 0 Å². The second-order valence-corrected chi connectivity index (χ2v) is 5.91. The summed E-state index contributed by atoms with van der Waals surface area (Å²) in [7, 11) is 0. The van der Waals surface area contributed by atoms with Gasteiger partial charge in [0.2, 0.25) is 11.8 Å². The number of carbonyl (C=O) groups is 2. The molecule has 0 radical (unpaired) electrons. The molecule has 1 fully saturated rings. The van der Waals surface area contributed by atoms with Crippen LogP contribution in [0.5, 0.6) is 0 Å². The molecule has 4 nitrogen and oxygen atoms in total. The van der Waals surface area contributed by atoms with Gasteiger partial charge in [0.25, 0.3) is 0 Å². The standard InChI is InChI=1S/C16H18N2O2/c19-14-6-7-15(20)18(14)13-8-10-17-9-2-4-11-3-1-5-12(13)16(11)17/h1,3,5,13H,2,4,6-10H2. The topological polar surface area (TPSA) is 40.6 Å². The number of benzene rings is 1. The molecule has 20 heavy (non-hydrogen) atoms. The highest BCUT2D eigenvalue weighted by Gasteiger charge is 2.40. The molecule has 1 atom stereocenters. The summed E-state index contributed by atoms with van der Waals surface area (Å²) in [5.74, 6) is 0.00345. The van der Waals surface area contributed by atoms with Crippen LogP contribution in [0, 0.1) is 0 Å². The minimum Gasteiger partial charge on any atom is -0.371 e. The molecular weight excluding hydrogens is 252 g/mol. The quantitative estimate of drug-likeness (QED) is 0.733. The third kappa shape index (κ3) is 1.60. The van der Waals surface area contributed by atoms with Crippen molar-refractivity contribution in [3.8, 4) is 0 Å². The lowest BCUT2D eigenvalue weighted by molar-refractivity contribution is -0.141. The van der Waals surface area contributed by atoms with Crippen LogP contribution in [0.25, 0.3) is 0 Å². The maximum atomic E-state index is 12.0. The van der Waals surface area contributed by atoms with Crippen molar-refractivity contribution in [3.05, 3.63) is 29.3 Å². The fourth-order valence-corrected chi connectivity index (χ4v) is 3.91. The summed E-state index contributed by atoms with van der Waals surface area (Å²) in [6.07, 6.45) is 3.94. The van der Waals surface area contributed by atoms with Crippen LogP contribution < -0.4 is 4.90 Å². The highest BCUT2D eigenvalue weighted by atomic mass is 16.2. The SMILES string of the molecule is O=C1CCC(=O)N1C1CCN2CCCc3cccc1c32. The van der Waals surface area contributed by atoms with Crippen LogP contribution in [0.1, 0.15) is 42.9 Å². The summed E-state index contributed by atoms with van der Waals surface area (Å²) in [6.45, 7) is 2.05. The third-order valence-corrected chi connectivity index (χ3v) is 4.77. The lowest BCUT2D eigenvalue weighted by atomic mass is 9.88. The van der Waals surface area contributed by atoms with Crippen molar-refractivity contribution in [1.29, 1.82) is 0 Å². The molecule has 1 unspecified atom stereocenters. The molecule has 104 valence electrons. The average molecular weight is 270 g/mol. The maximum Gasteiger partial charge on any atom is 0.230 e. The van der Waals surface area contributed by atoms with Gasteiger partial charge in [-0.25, -0.2) is 0 Å². The Morgan fingerprint density at radius 2 is 1.80 bits per heavy atom. The second kappa shape index (κ2) is 4.33. The van der Waals surface area contributed by atoms with Gasteiger partial charge in [-0.1, -0.05) is 18.2 Å². The molecular formula is C16H18N2O2. The summed E-state index contributed by atoms with van der Waals surface area (Å²) >= 11 is 0. The van der Waals surface area contributed by atoms with E-state index in [9.17, 15) is 9.59 Å². The normalized spacial score (nSPS) is 25.1. The highest BCUT2D eigenvalue weighted by molar-refractivity contribution is 6.02. The van der Waals surface area contributed by atoms with Gasteiger partial charge in [-0.15, -0.1) is 0 Å². The van der Waals surface area contributed by atoms with Crippen molar-refractivity contribution >= 4 is 17.5 Å². The number of rotatable bonds is 1. The first kappa shape index (κ1) is 11.9. The number of likely N-dealkylation sites (tertiary alicyclic amines) is 1. The van der Waals surface area contributed by atoms with Crippen LogP contribution in [0.3, 0.4) is 0 Å². The molecule has 2 amide bonds. The van der Waals surface area contributed by atoms with Crippen molar-refractivity contribution < 1.29 is 9.59 Å². The van der Waals surface area contributed by atoms with E-state index in [1.165, 1.54) is 28.1 Å². The van der Waals surface area contributed by atoms with E-state index in [4.69, 9.17) is 0 Å². The van der Waals surface area contributed by atoms with Crippen molar-refractivity contribution in [2.75, 3.05) is 18.0 Å². The zero-order valence-electron chi connectivity index (χ0n) is 11.5. The summed E-state index contributed by atoms with van der Waals surface area (Å²) in [4.78, 5) is 28.0. The Kier molecular flexibility index (Phi) is 2.59. The molecule has 3 heterocycles. The number of hydrogen-bond donors (Lipinski definition) is 0. The van der Waals surface area contributed by atoms with Crippen molar-refractivity contribution in [2.24, 2.45) is 0 Å². The first-order valence-electron chi connectivity index (χ1n) is 7.47. The van der Waals surface area contributed by atoms with Crippen molar-refractivity contribution in [2.45, 2.75) is 38.1 Å². The number of aryl methyl sites for hydroxylation is 1. The number of amides is 2. The van der Waals surface area contributed by atoms with Gasteiger partial charge in [-0.05, 0) is 30.4 Å². The smallest absolute Gasteiger partial charge is 0.230 e. The van der Waals surface area contributed by atoms with Gasteiger partial charge in [-0.2, -0.15) is 0 Å². The minimum absolute atomic E-state index is 0.00172. The van der Waals surface area contributed by atoms with Crippen molar-refractivity contribution in [3.63, 3.8) is 0 Å². The lowest BCUT2D eigenvalue weighted by Gasteiger charge is -2.42. The number of imide groups is 1. The molecule has 4 rings (SSSR count). The van der Waals surface area contributed by atoms with Crippen LogP contribution >= 0.6 is 0 Å². The third-order valence-electron chi connectivity index (χ3n) is 4.77. The molecule has 0 spiro atoms. The molecule has 0 bridgehead atoms. The minimum atomic E-state index is -0.0400. The van der Waals surface area contributed by atoms with E-state index in [0.29, 0.717) is 12.8 Å². The predicted molar refractivity (Wildman–Crippen MR) is 75.4 cm³/mol. The molecule has 1 aromatic rings. The first-order chi connectivity index (χ1) is 9.75. The fraction of sp³-hybridized carbons (Fsp3) is 0.500. The average Bonchev–Trinajstić information content (AvgIpc) is 2.80. The van der Waals surface area contributed by atoms with Gasteiger partial charge in [0, 0.05) is 31.6 Å². The van der Waals surface area contributed by atoms with Crippen molar-refractivity contribution in [1.82, 2.24) is 4.90 Å². The van der Waals surface area contributed by atoms with E-state index in [2.05, 4.69) is 23.1 Å². The lowest BCUT2D eigenvalue weighted by Crippen LogP contribution is -2.42. The molecule has 4 heteroatoms. The Morgan fingerprint density at radius 1 is 1.00 bits per heavy atom. The van der Waals surface area contributed by atoms with E-state index in [0.717, 1.165) is 25.9 Å². The Hall–Kier alpha value is -1.84.